The third-order valence-corrected chi connectivity index (χ3v) is 2.71. The third-order valence-electron chi connectivity index (χ3n) is 2.71. The van der Waals surface area contributed by atoms with Crippen LogP contribution in [-0.2, 0) is 17.9 Å². The van der Waals surface area contributed by atoms with Crippen molar-refractivity contribution in [1.82, 2.24) is 10.1 Å². The molecule has 16 heavy (non-hydrogen) atoms. The lowest BCUT2D eigenvalue weighted by molar-refractivity contribution is 0.0716. The molecule has 1 heterocycles. The number of hydrogen-bond donors (Lipinski definition) is 1. The van der Waals surface area contributed by atoms with Gasteiger partial charge in [-0.15, -0.1) is 0 Å². The highest BCUT2D eigenvalue weighted by molar-refractivity contribution is 5.05. The summed E-state index contributed by atoms with van der Waals surface area (Å²) in [4.78, 5) is 2.03. The zero-order chi connectivity index (χ0) is 12.2. The van der Waals surface area contributed by atoms with Crippen LogP contribution in [-0.4, -0.2) is 41.5 Å². The standard InChI is InChI=1S/C11H20N2O3/c1-11(2,8-14)13(3)6-9-5-10(7-15-4)16-12-9/h5,14H,6-8H2,1-4H3. The average Bonchev–Trinajstić information content (AvgIpc) is 2.66. The number of ether oxygens (including phenoxy) is 1. The maximum Gasteiger partial charge on any atom is 0.162 e. The van der Waals surface area contributed by atoms with E-state index in [1.165, 1.54) is 0 Å². The van der Waals surface area contributed by atoms with Crippen LogP contribution in [0.15, 0.2) is 10.6 Å². The van der Waals surface area contributed by atoms with Crippen LogP contribution in [0.5, 0.6) is 0 Å². The van der Waals surface area contributed by atoms with E-state index in [-0.39, 0.29) is 12.1 Å². The molecule has 0 aromatic carbocycles. The first-order valence-corrected chi connectivity index (χ1v) is 5.25. The summed E-state index contributed by atoms with van der Waals surface area (Å²) in [5.74, 6) is 0.715. The predicted octanol–water partition coefficient (Wildman–Crippen LogP) is 1.02. The molecule has 0 radical (unpaired) electrons. The van der Waals surface area contributed by atoms with E-state index in [1.54, 1.807) is 7.11 Å². The van der Waals surface area contributed by atoms with Crippen molar-refractivity contribution < 1.29 is 14.4 Å². The SMILES string of the molecule is COCc1cc(CN(C)C(C)(C)CO)no1. The fraction of sp³-hybridized carbons (Fsp3) is 0.727. The summed E-state index contributed by atoms with van der Waals surface area (Å²) in [6.45, 7) is 5.12. The van der Waals surface area contributed by atoms with Gasteiger partial charge in [0.2, 0.25) is 0 Å². The van der Waals surface area contributed by atoms with Crippen LogP contribution < -0.4 is 0 Å². The van der Waals surface area contributed by atoms with Crippen LogP contribution in [0.25, 0.3) is 0 Å². The molecule has 0 unspecified atom stereocenters. The molecule has 0 atom stereocenters. The van der Waals surface area contributed by atoms with Crippen molar-refractivity contribution in [2.45, 2.75) is 32.5 Å². The van der Waals surface area contributed by atoms with Crippen LogP contribution in [0.2, 0.25) is 0 Å². The number of hydrogen-bond acceptors (Lipinski definition) is 5. The van der Waals surface area contributed by atoms with Crippen LogP contribution in [0.1, 0.15) is 25.3 Å². The number of aliphatic hydroxyl groups excluding tert-OH is 1. The second kappa shape index (κ2) is 5.43. The van der Waals surface area contributed by atoms with E-state index >= 15 is 0 Å². The quantitative estimate of drug-likeness (QED) is 0.788. The summed E-state index contributed by atoms with van der Waals surface area (Å²) in [5.41, 5.74) is 0.580. The maximum absolute atomic E-state index is 9.23. The lowest BCUT2D eigenvalue weighted by atomic mass is 10.1. The van der Waals surface area contributed by atoms with E-state index < -0.39 is 0 Å². The molecule has 0 saturated heterocycles. The maximum atomic E-state index is 9.23. The number of aliphatic hydroxyl groups is 1. The van der Waals surface area contributed by atoms with Crippen LogP contribution >= 0.6 is 0 Å². The van der Waals surface area contributed by atoms with Gasteiger partial charge in [0, 0.05) is 25.3 Å². The van der Waals surface area contributed by atoms with Crippen LogP contribution in [0.3, 0.4) is 0 Å². The number of likely N-dealkylation sites (N-methyl/N-ethyl adjacent to an activating group) is 1. The molecule has 0 aliphatic heterocycles. The van der Waals surface area contributed by atoms with E-state index in [4.69, 9.17) is 9.26 Å². The number of nitrogens with zero attached hydrogens (tertiary/aromatic N) is 2. The van der Waals surface area contributed by atoms with Crippen molar-refractivity contribution in [2.75, 3.05) is 20.8 Å². The monoisotopic (exact) mass is 228 g/mol. The largest absolute Gasteiger partial charge is 0.394 e. The normalized spacial score (nSPS) is 12.4. The van der Waals surface area contributed by atoms with Crippen molar-refractivity contribution in [1.29, 1.82) is 0 Å². The molecule has 5 heteroatoms. The number of methoxy groups -OCH3 is 1. The van der Waals surface area contributed by atoms with Crippen molar-refractivity contribution >= 4 is 0 Å². The summed E-state index contributed by atoms with van der Waals surface area (Å²) < 4.78 is 10.0. The summed E-state index contributed by atoms with van der Waals surface area (Å²) >= 11 is 0. The topological polar surface area (TPSA) is 58.7 Å². The van der Waals surface area contributed by atoms with Gasteiger partial charge in [0.1, 0.15) is 6.61 Å². The summed E-state index contributed by atoms with van der Waals surface area (Å²) in [6.07, 6.45) is 0. The minimum atomic E-state index is -0.264. The Bertz CT molecular complexity index is 323. The van der Waals surface area contributed by atoms with E-state index in [0.29, 0.717) is 18.9 Å². The molecule has 0 fully saturated rings. The molecule has 0 amide bonds. The minimum Gasteiger partial charge on any atom is -0.394 e. The second-order valence-electron chi connectivity index (χ2n) is 4.54. The highest BCUT2D eigenvalue weighted by Gasteiger charge is 2.23. The van der Waals surface area contributed by atoms with Gasteiger partial charge in [-0.3, -0.25) is 4.90 Å². The average molecular weight is 228 g/mol. The molecule has 0 aliphatic rings. The van der Waals surface area contributed by atoms with Gasteiger partial charge in [-0.1, -0.05) is 5.16 Å². The highest BCUT2D eigenvalue weighted by atomic mass is 16.5. The van der Waals surface area contributed by atoms with Gasteiger partial charge in [0.05, 0.1) is 12.3 Å². The Morgan fingerprint density at radius 1 is 1.56 bits per heavy atom. The molecule has 0 spiro atoms. The summed E-state index contributed by atoms with van der Waals surface area (Å²) in [7, 11) is 3.56. The van der Waals surface area contributed by atoms with Gasteiger partial charge < -0.3 is 14.4 Å². The molecule has 1 N–H and O–H groups in total. The number of aromatic nitrogens is 1. The van der Waals surface area contributed by atoms with Gasteiger partial charge in [-0.2, -0.15) is 0 Å². The lowest BCUT2D eigenvalue weighted by Gasteiger charge is -2.33. The Morgan fingerprint density at radius 2 is 2.25 bits per heavy atom. The Labute approximate surface area is 96.0 Å². The lowest BCUT2D eigenvalue weighted by Crippen LogP contribution is -2.43. The van der Waals surface area contributed by atoms with Gasteiger partial charge in [-0.05, 0) is 20.9 Å². The molecule has 5 nitrogen and oxygen atoms in total. The molecule has 0 aliphatic carbocycles. The Balaban J connectivity index is 2.59. The van der Waals surface area contributed by atoms with Gasteiger partial charge in [0.15, 0.2) is 5.76 Å². The summed E-state index contributed by atoms with van der Waals surface area (Å²) in [5, 5.41) is 13.2. The molecule has 1 rings (SSSR count). The van der Waals surface area contributed by atoms with Crippen molar-refractivity contribution in [3.63, 3.8) is 0 Å². The van der Waals surface area contributed by atoms with E-state index in [0.717, 1.165) is 5.69 Å². The van der Waals surface area contributed by atoms with Crippen LogP contribution in [0.4, 0.5) is 0 Å². The van der Waals surface area contributed by atoms with Gasteiger partial charge in [0.25, 0.3) is 0 Å². The molecule has 1 aromatic rings. The van der Waals surface area contributed by atoms with E-state index in [9.17, 15) is 5.11 Å². The van der Waals surface area contributed by atoms with Crippen molar-refractivity contribution in [3.05, 3.63) is 17.5 Å². The highest BCUT2D eigenvalue weighted by Crippen LogP contribution is 2.15. The Kier molecular flexibility index (Phi) is 4.46. The predicted molar refractivity (Wildman–Crippen MR) is 59.8 cm³/mol. The first-order chi connectivity index (χ1) is 7.49. The minimum absolute atomic E-state index is 0.103. The second-order valence-corrected chi connectivity index (χ2v) is 4.54. The fourth-order valence-electron chi connectivity index (χ4n) is 1.22. The summed E-state index contributed by atoms with van der Waals surface area (Å²) in [6, 6.07) is 1.87. The van der Waals surface area contributed by atoms with Gasteiger partial charge >= 0.3 is 0 Å². The molecule has 0 bridgehead atoms. The van der Waals surface area contributed by atoms with Crippen LogP contribution in [0, 0.1) is 0 Å². The van der Waals surface area contributed by atoms with E-state index in [2.05, 4.69) is 5.16 Å². The van der Waals surface area contributed by atoms with E-state index in [1.807, 2.05) is 31.9 Å². The third kappa shape index (κ3) is 3.30. The zero-order valence-electron chi connectivity index (χ0n) is 10.4. The van der Waals surface area contributed by atoms with Gasteiger partial charge in [-0.25, -0.2) is 0 Å². The first kappa shape index (κ1) is 13.2. The smallest absolute Gasteiger partial charge is 0.162 e. The molecular formula is C11H20N2O3. The van der Waals surface area contributed by atoms with Crippen molar-refractivity contribution in [3.8, 4) is 0 Å². The number of rotatable bonds is 6. The van der Waals surface area contributed by atoms with Crippen molar-refractivity contribution in [2.24, 2.45) is 0 Å². The molecule has 1 aromatic heterocycles. The Hall–Kier alpha value is -0.910. The zero-order valence-corrected chi connectivity index (χ0v) is 10.4. The molecule has 0 saturated carbocycles. The first-order valence-electron chi connectivity index (χ1n) is 5.25. The molecule has 92 valence electrons. The Morgan fingerprint density at radius 3 is 2.81 bits per heavy atom. The fourth-order valence-corrected chi connectivity index (χ4v) is 1.22. The molecular weight excluding hydrogens is 208 g/mol.